The average Bonchev–Trinajstić information content (AvgIpc) is 2.46. The molecule has 0 bridgehead atoms. The molecule has 4 nitrogen and oxygen atoms in total. The molecule has 0 heterocycles. The largest absolute Gasteiger partial charge is 0.368 e. The van der Waals surface area contributed by atoms with E-state index in [2.05, 4.69) is 15.5 Å². The van der Waals surface area contributed by atoms with E-state index in [9.17, 15) is 0 Å². The van der Waals surface area contributed by atoms with E-state index in [1.54, 1.807) is 36.4 Å². The van der Waals surface area contributed by atoms with Crippen molar-refractivity contribution in [2.24, 2.45) is 15.9 Å². The first-order valence-electron chi connectivity index (χ1n) is 6.00. The van der Waals surface area contributed by atoms with Crippen LogP contribution in [0.4, 0.5) is 5.69 Å². The summed E-state index contributed by atoms with van der Waals surface area (Å²) in [5.41, 5.74) is 6.74. The van der Waals surface area contributed by atoms with E-state index in [0.717, 1.165) is 0 Å². The molecule has 2 aromatic rings. The van der Waals surface area contributed by atoms with Crippen LogP contribution in [0.15, 0.2) is 46.6 Å². The summed E-state index contributed by atoms with van der Waals surface area (Å²) in [6.07, 6.45) is 1.41. The van der Waals surface area contributed by atoms with E-state index in [1.807, 2.05) is 0 Å². The van der Waals surface area contributed by atoms with Crippen molar-refractivity contribution in [3.8, 4) is 0 Å². The Morgan fingerprint density at radius 1 is 0.909 bits per heavy atom. The van der Waals surface area contributed by atoms with Crippen molar-refractivity contribution in [1.82, 2.24) is 0 Å². The first kappa shape index (κ1) is 16.9. The van der Waals surface area contributed by atoms with Crippen molar-refractivity contribution < 1.29 is 0 Å². The van der Waals surface area contributed by atoms with Gasteiger partial charge in [-0.2, -0.15) is 5.10 Å². The number of para-hydroxylation sites is 1. The van der Waals surface area contributed by atoms with Gasteiger partial charge in [0.05, 0.1) is 32.0 Å². The molecule has 2 aromatic carbocycles. The summed E-state index contributed by atoms with van der Waals surface area (Å²) in [5.74, 6) is 0.0226. The topological polar surface area (TPSA) is 62.8 Å². The Kier molecular flexibility index (Phi) is 5.91. The fraction of sp³-hybridized carbons (Fsp3) is 0. The Morgan fingerprint density at radius 3 is 1.95 bits per heavy atom. The van der Waals surface area contributed by atoms with Crippen LogP contribution in [0.3, 0.4) is 0 Å². The molecule has 0 aliphatic heterocycles. The summed E-state index contributed by atoms with van der Waals surface area (Å²) < 4.78 is 0. The van der Waals surface area contributed by atoms with Gasteiger partial charge in [0.15, 0.2) is 0 Å². The van der Waals surface area contributed by atoms with Crippen molar-refractivity contribution in [3.63, 3.8) is 0 Å². The first-order valence-corrected chi connectivity index (χ1v) is 7.51. The minimum Gasteiger partial charge on any atom is -0.368 e. The quantitative estimate of drug-likeness (QED) is 0.447. The summed E-state index contributed by atoms with van der Waals surface area (Å²) in [5, 5.41) is 12.2. The SMILES string of the molecule is NC(=NN=Cc1c(Cl)cccc1Cl)Nc1c(Cl)cccc1Cl. The second-order valence-electron chi connectivity index (χ2n) is 4.09. The van der Waals surface area contributed by atoms with Crippen molar-refractivity contribution in [3.05, 3.63) is 62.1 Å². The molecule has 0 aromatic heterocycles. The summed E-state index contributed by atoms with van der Waals surface area (Å²) in [6, 6.07) is 10.2. The number of anilines is 1. The Labute approximate surface area is 147 Å². The standard InChI is InChI=1S/C14H10Cl4N4/c15-9-3-1-4-10(16)8(9)7-20-22-14(19)21-13-11(17)5-2-6-12(13)18/h1-7H,(H3,19,21,22). The van der Waals surface area contributed by atoms with Crippen LogP contribution in [0.5, 0.6) is 0 Å². The zero-order valence-corrected chi connectivity index (χ0v) is 14.0. The third-order valence-corrected chi connectivity index (χ3v) is 3.86. The summed E-state index contributed by atoms with van der Waals surface area (Å²) in [6.45, 7) is 0. The highest BCUT2D eigenvalue weighted by atomic mass is 35.5. The number of hydrogen-bond acceptors (Lipinski definition) is 2. The average molecular weight is 376 g/mol. The van der Waals surface area contributed by atoms with Crippen LogP contribution in [0.25, 0.3) is 0 Å². The molecular formula is C14H10Cl4N4. The Balaban J connectivity index is 2.15. The monoisotopic (exact) mass is 374 g/mol. The van der Waals surface area contributed by atoms with Gasteiger partial charge in [-0.3, -0.25) is 0 Å². The maximum atomic E-state index is 6.01. The molecule has 3 N–H and O–H groups in total. The molecule has 0 aliphatic rings. The molecule has 0 spiro atoms. The molecule has 0 saturated carbocycles. The highest BCUT2D eigenvalue weighted by Crippen LogP contribution is 2.29. The van der Waals surface area contributed by atoms with Gasteiger partial charge in [-0.05, 0) is 24.3 Å². The maximum Gasteiger partial charge on any atom is 0.218 e. The molecule has 0 fully saturated rings. The van der Waals surface area contributed by atoms with Gasteiger partial charge < -0.3 is 11.1 Å². The minimum atomic E-state index is 0.0226. The molecule has 0 radical (unpaired) electrons. The van der Waals surface area contributed by atoms with Crippen molar-refractivity contribution in [1.29, 1.82) is 0 Å². The Morgan fingerprint density at radius 2 is 1.41 bits per heavy atom. The molecule has 0 aliphatic carbocycles. The van der Waals surface area contributed by atoms with E-state index in [1.165, 1.54) is 6.21 Å². The number of nitrogens with two attached hydrogens (primary N) is 1. The summed E-state index contributed by atoms with van der Waals surface area (Å²) in [4.78, 5) is 0. The van der Waals surface area contributed by atoms with Gasteiger partial charge in [-0.1, -0.05) is 58.5 Å². The zero-order valence-electron chi connectivity index (χ0n) is 11.0. The van der Waals surface area contributed by atoms with Crippen molar-refractivity contribution >= 4 is 64.3 Å². The van der Waals surface area contributed by atoms with E-state index in [0.29, 0.717) is 31.3 Å². The van der Waals surface area contributed by atoms with Crippen LogP contribution >= 0.6 is 46.4 Å². The molecule has 8 heteroatoms. The van der Waals surface area contributed by atoms with E-state index in [-0.39, 0.29) is 5.96 Å². The van der Waals surface area contributed by atoms with Gasteiger partial charge in [-0.25, -0.2) is 0 Å². The van der Waals surface area contributed by atoms with Crippen molar-refractivity contribution in [2.75, 3.05) is 5.32 Å². The molecule has 0 amide bonds. The van der Waals surface area contributed by atoms with Crippen LogP contribution in [0.1, 0.15) is 5.56 Å². The Hall–Kier alpha value is -1.46. The molecular weight excluding hydrogens is 366 g/mol. The highest BCUT2D eigenvalue weighted by Gasteiger charge is 2.06. The lowest BCUT2D eigenvalue weighted by atomic mass is 10.2. The highest BCUT2D eigenvalue weighted by molar-refractivity contribution is 6.40. The van der Waals surface area contributed by atoms with Gasteiger partial charge >= 0.3 is 0 Å². The van der Waals surface area contributed by atoms with Crippen LogP contribution in [0.2, 0.25) is 20.1 Å². The lowest BCUT2D eigenvalue weighted by Gasteiger charge is -2.08. The zero-order chi connectivity index (χ0) is 16.1. The normalized spacial score (nSPS) is 11.9. The van der Waals surface area contributed by atoms with Gasteiger partial charge in [0.1, 0.15) is 0 Å². The number of halogens is 4. The van der Waals surface area contributed by atoms with Gasteiger partial charge in [0.2, 0.25) is 5.96 Å². The molecule has 114 valence electrons. The number of nitrogens with zero attached hydrogens (tertiary/aromatic N) is 2. The number of nitrogens with one attached hydrogen (secondary N) is 1. The third kappa shape index (κ3) is 4.27. The first-order chi connectivity index (χ1) is 10.5. The van der Waals surface area contributed by atoms with E-state index < -0.39 is 0 Å². The molecule has 22 heavy (non-hydrogen) atoms. The van der Waals surface area contributed by atoms with Gasteiger partial charge in [0, 0.05) is 5.56 Å². The van der Waals surface area contributed by atoms with Crippen LogP contribution in [-0.4, -0.2) is 12.2 Å². The van der Waals surface area contributed by atoms with Crippen molar-refractivity contribution in [2.45, 2.75) is 0 Å². The lowest BCUT2D eigenvalue weighted by Crippen LogP contribution is -2.22. The minimum absolute atomic E-state index is 0.0226. The lowest BCUT2D eigenvalue weighted by molar-refractivity contribution is 1.22. The number of hydrogen-bond donors (Lipinski definition) is 2. The fourth-order valence-corrected chi connectivity index (χ4v) is 2.54. The number of rotatable bonds is 3. The van der Waals surface area contributed by atoms with E-state index >= 15 is 0 Å². The van der Waals surface area contributed by atoms with Crippen LogP contribution in [-0.2, 0) is 0 Å². The van der Waals surface area contributed by atoms with E-state index in [4.69, 9.17) is 52.1 Å². The molecule has 0 unspecified atom stereocenters. The second-order valence-corrected chi connectivity index (χ2v) is 5.72. The predicted molar refractivity (Wildman–Crippen MR) is 95.8 cm³/mol. The maximum absolute atomic E-state index is 6.01. The predicted octanol–water partition coefficient (Wildman–Crippen LogP) is 5.06. The third-order valence-electron chi connectivity index (χ3n) is 2.57. The number of guanidine groups is 1. The molecule has 0 saturated heterocycles. The van der Waals surface area contributed by atoms with Crippen LogP contribution in [0, 0.1) is 0 Å². The van der Waals surface area contributed by atoms with Crippen LogP contribution < -0.4 is 11.1 Å². The van der Waals surface area contributed by atoms with Gasteiger partial charge in [-0.15, -0.1) is 5.10 Å². The Bertz CT molecular complexity index is 703. The molecule has 0 atom stereocenters. The second kappa shape index (κ2) is 7.70. The summed E-state index contributed by atoms with van der Waals surface area (Å²) >= 11 is 24.0. The smallest absolute Gasteiger partial charge is 0.218 e. The van der Waals surface area contributed by atoms with Gasteiger partial charge in [0.25, 0.3) is 0 Å². The summed E-state index contributed by atoms with van der Waals surface area (Å²) in [7, 11) is 0. The molecule has 2 rings (SSSR count). The number of benzene rings is 2. The fourth-order valence-electron chi connectivity index (χ4n) is 1.55.